The SMILES string of the molecule is C[SiH](C1=CCC=C1)C(C)(C)C. The number of hydrogen-bond acceptors (Lipinski definition) is 0. The third-order valence-corrected chi connectivity index (χ3v) is 6.63. The summed E-state index contributed by atoms with van der Waals surface area (Å²) in [6, 6.07) is 0. The molecule has 0 amide bonds. The zero-order valence-corrected chi connectivity index (χ0v) is 9.17. The van der Waals surface area contributed by atoms with E-state index in [1.165, 1.54) is 6.42 Å². The molecule has 0 N–H and O–H groups in total. The Morgan fingerprint density at radius 3 is 2.36 bits per heavy atom. The fraction of sp³-hybridized carbons (Fsp3) is 0.600. The van der Waals surface area contributed by atoms with E-state index in [4.69, 9.17) is 0 Å². The molecule has 0 bridgehead atoms. The smallest absolute Gasteiger partial charge is 0.0726 e. The van der Waals surface area contributed by atoms with Gasteiger partial charge in [-0.15, -0.1) is 0 Å². The fourth-order valence-corrected chi connectivity index (χ4v) is 3.21. The molecule has 1 aliphatic carbocycles. The van der Waals surface area contributed by atoms with Crippen molar-refractivity contribution in [3.63, 3.8) is 0 Å². The van der Waals surface area contributed by atoms with Crippen LogP contribution in [0.4, 0.5) is 0 Å². The number of hydrogen-bond donors (Lipinski definition) is 0. The molecule has 0 aliphatic heterocycles. The van der Waals surface area contributed by atoms with Crippen LogP contribution in [0.15, 0.2) is 23.4 Å². The van der Waals surface area contributed by atoms with E-state index in [9.17, 15) is 0 Å². The summed E-state index contributed by atoms with van der Waals surface area (Å²) in [7, 11) is -0.669. The van der Waals surface area contributed by atoms with Gasteiger partial charge in [-0.3, -0.25) is 0 Å². The molecule has 1 aliphatic rings. The first kappa shape index (κ1) is 8.79. The lowest BCUT2D eigenvalue weighted by atomic mass is 10.2. The second-order valence-electron chi connectivity index (χ2n) is 4.43. The highest BCUT2D eigenvalue weighted by Gasteiger charge is 2.24. The van der Waals surface area contributed by atoms with E-state index in [0.29, 0.717) is 5.04 Å². The molecule has 0 saturated carbocycles. The highest BCUT2D eigenvalue weighted by atomic mass is 28.3. The van der Waals surface area contributed by atoms with Gasteiger partial charge in [-0.1, -0.05) is 50.7 Å². The van der Waals surface area contributed by atoms with Crippen LogP contribution in [0, 0.1) is 0 Å². The van der Waals surface area contributed by atoms with Crippen LogP contribution in [-0.4, -0.2) is 8.80 Å². The zero-order chi connectivity index (χ0) is 8.48. The van der Waals surface area contributed by atoms with Gasteiger partial charge in [0.25, 0.3) is 0 Å². The standard InChI is InChI=1S/C10H18Si/c1-10(2,3)11(4)9-7-5-6-8-9/h5,7-8,11H,6H2,1-4H3. The predicted octanol–water partition coefficient (Wildman–Crippen LogP) is 3.07. The van der Waals surface area contributed by atoms with E-state index < -0.39 is 8.80 Å². The normalized spacial score (nSPS) is 20.2. The molecule has 0 saturated heterocycles. The van der Waals surface area contributed by atoms with Crippen molar-refractivity contribution < 1.29 is 0 Å². The molecule has 1 atom stereocenters. The summed E-state index contributed by atoms with van der Waals surface area (Å²) in [5.74, 6) is 0. The lowest BCUT2D eigenvalue weighted by Crippen LogP contribution is -2.23. The first-order valence-electron chi connectivity index (χ1n) is 4.38. The van der Waals surface area contributed by atoms with E-state index in [1.807, 2.05) is 0 Å². The van der Waals surface area contributed by atoms with Crippen LogP contribution in [0.1, 0.15) is 27.2 Å². The highest BCUT2D eigenvalue weighted by molar-refractivity contribution is 6.69. The first-order chi connectivity index (χ1) is 5.02. The largest absolute Gasteiger partial charge is 0.0818 e. The van der Waals surface area contributed by atoms with Gasteiger partial charge < -0.3 is 0 Å². The Bertz CT molecular complexity index is 193. The van der Waals surface area contributed by atoms with Gasteiger partial charge in [-0.05, 0) is 11.5 Å². The van der Waals surface area contributed by atoms with E-state index >= 15 is 0 Å². The predicted molar refractivity (Wildman–Crippen MR) is 54.6 cm³/mol. The summed E-state index contributed by atoms with van der Waals surface area (Å²) in [5, 5.41) is 2.19. The minimum absolute atomic E-state index is 0.542. The molecule has 1 heteroatoms. The van der Waals surface area contributed by atoms with Crippen LogP contribution in [0.2, 0.25) is 11.6 Å². The van der Waals surface area contributed by atoms with Crippen molar-refractivity contribution in [3.8, 4) is 0 Å². The van der Waals surface area contributed by atoms with E-state index in [-0.39, 0.29) is 0 Å². The number of allylic oxidation sites excluding steroid dienone is 4. The summed E-state index contributed by atoms with van der Waals surface area (Å²) >= 11 is 0. The second-order valence-corrected chi connectivity index (χ2v) is 8.27. The van der Waals surface area contributed by atoms with Gasteiger partial charge in [0.2, 0.25) is 0 Å². The lowest BCUT2D eigenvalue weighted by molar-refractivity contribution is 0.743. The van der Waals surface area contributed by atoms with Crippen LogP contribution in [0.5, 0.6) is 0 Å². The third-order valence-electron chi connectivity index (χ3n) is 2.60. The fourth-order valence-electron chi connectivity index (χ4n) is 1.30. The van der Waals surface area contributed by atoms with Crippen molar-refractivity contribution in [1.29, 1.82) is 0 Å². The van der Waals surface area contributed by atoms with Gasteiger partial charge >= 0.3 is 0 Å². The van der Waals surface area contributed by atoms with Crippen molar-refractivity contribution in [1.82, 2.24) is 0 Å². The van der Waals surface area contributed by atoms with Crippen LogP contribution in [-0.2, 0) is 0 Å². The highest BCUT2D eigenvalue weighted by Crippen LogP contribution is 2.32. The van der Waals surface area contributed by atoms with Crippen molar-refractivity contribution in [2.45, 2.75) is 38.8 Å². The Balaban J connectivity index is 2.68. The molecule has 11 heavy (non-hydrogen) atoms. The molecule has 62 valence electrons. The first-order valence-corrected chi connectivity index (χ1v) is 6.69. The molecule has 0 aromatic rings. The summed E-state index contributed by atoms with van der Waals surface area (Å²) < 4.78 is 0. The average Bonchev–Trinajstić information content (AvgIpc) is 2.34. The molecule has 0 fully saturated rings. The van der Waals surface area contributed by atoms with Crippen LogP contribution in [0.3, 0.4) is 0 Å². The quantitative estimate of drug-likeness (QED) is 0.525. The molecule has 1 unspecified atom stereocenters. The maximum atomic E-state index is 2.45. The second kappa shape index (κ2) is 2.98. The zero-order valence-electron chi connectivity index (χ0n) is 8.02. The van der Waals surface area contributed by atoms with Gasteiger partial charge in [0, 0.05) is 0 Å². The molecule has 0 nitrogen and oxygen atoms in total. The van der Waals surface area contributed by atoms with E-state index in [1.54, 1.807) is 5.20 Å². The van der Waals surface area contributed by atoms with E-state index in [0.717, 1.165) is 0 Å². The molecule has 0 aromatic carbocycles. The minimum Gasteiger partial charge on any atom is -0.0818 e. The van der Waals surface area contributed by atoms with Crippen molar-refractivity contribution in [3.05, 3.63) is 23.4 Å². The summed E-state index contributed by atoms with van der Waals surface area (Å²) in [6.07, 6.45) is 8.15. The summed E-state index contributed by atoms with van der Waals surface area (Å²) in [5.41, 5.74) is 0. The summed E-state index contributed by atoms with van der Waals surface area (Å²) in [6.45, 7) is 9.52. The third kappa shape index (κ3) is 2.06. The lowest BCUT2D eigenvalue weighted by Gasteiger charge is -2.26. The topological polar surface area (TPSA) is 0 Å². The van der Waals surface area contributed by atoms with Crippen LogP contribution < -0.4 is 0 Å². The Morgan fingerprint density at radius 2 is 2.00 bits per heavy atom. The molecule has 1 rings (SSSR count). The van der Waals surface area contributed by atoms with Gasteiger partial charge in [-0.2, -0.15) is 0 Å². The molecular weight excluding hydrogens is 148 g/mol. The van der Waals surface area contributed by atoms with Gasteiger partial charge in [0.15, 0.2) is 0 Å². The van der Waals surface area contributed by atoms with Gasteiger partial charge in [0.05, 0.1) is 8.80 Å². The maximum Gasteiger partial charge on any atom is 0.0726 e. The Labute approximate surface area is 71.6 Å². The molecule has 0 heterocycles. The monoisotopic (exact) mass is 166 g/mol. The van der Waals surface area contributed by atoms with Gasteiger partial charge in [0.1, 0.15) is 0 Å². The van der Waals surface area contributed by atoms with Gasteiger partial charge in [-0.25, -0.2) is 0 Å². The van der Waals surface area contributed by atoms with Crippen molar-refractivity contribution >= 4 is 8.80 Å². The van der Waals surface area contributed by atoms with Crippen LogP contribution in [0.25, 0.3) is 0 Å². The van der Waals surface area contributed by atoms with Crippen molar-refractivity contribution in [2.75, 3.05) is 0 Å². The average molecular weight is 166 g/mol. The summed E-state index contributed by atoms with van der Waals surface area (Å²) in [4.78, 5) is 0. The minimum atomic E-state index is -0.669. The Hall–Kier alpha value is -0.303. The molecular formula is C10H18Si. The Kier molecular flexibility index (Phi) is 2.38. The van der Waals surface area contributed by atoms with E-state index in [2.05, 4.69) is 45.5 Å². The molecule has 0 spiro atoms. The molecule has 0 aromatic heterocycles. The Morgan fingerprint density at radius 1 is 1.36 bits per heavy atom. The molecule has 0 radical (unpaired) electrons. The van der Waals surface area contributed by atoms with Crippen molar-refractivity contribution in [2.24, 2.45) is 0 Å². The number of rotatable bonds is 1. The maximum absolute atomic E-state index is 2.45. The van der Waals surface area contributed by atoms with Crippen LogP contribution >= 0.6 is 0 Å².